The monoisotopic (exact) mass is 251 g/mol. The average Bonchev–Trinajstić information content (AvgIpc) is 2.27. The number of thiol groups is 1. The Balaban J connectivity index is 2.18. The molecule has 1 aliphatic rings. The van der Waals surface area contributed by atoms with Crippen molar-refractivity contribution < 1.29 is 9.53 Å². The maximum absolute atomic E-state index is 11.8. The number of nitrogen functional groups attached to an aromatic ring is 1. The molecule has 0 amide bonds. The molecule has 1 saturated carbocycles. The van der Waals surface area contributed by atoms with Gasteiger partial charge in [-0.25, -0.2) is 0 Å². The van der Waals surface area contributed by atoms with Crippen LogP contribution in [0.25, 0.3) is 0 Å². The minimum Gasteiger partial charge on any atom is -0.469 e. The predicted molar refractivity (Wildman–Crippen MR) is 70.1 cm³/mol. The zero-order chi connectivity index (χ0) is 12.5. The number of esters is 1. The third-order valence-corrected chi connectivity index (χ3v) is 3.95. The molecule has 0 bridgehead atoms. The van der Waals surface area contributed by atoms with Crippen LogP contribution >= 0.6 is 12.6 Å². The van der Waals surface area contributed by atoms with Crippen molar-refractivity contribution in [3.63, 3.8) is 0 Å². The second kappa shape index (κ2) is 4.61. The van der Waals surface area contributed by atoms with E-state index in [9.17, 15) is 4.79 Å². The molecule has 0 atom stereocenters. The van der Waals surface area contributed by atoms with Crippen molar-refractivity contribution in [1.29, 1.82) is 0 Å². The van der Waals surface area contributed by atoms with E-state index in [1.54, 1.807) is 0 Å². The Morgan fingerprint density at radius 1 is 1.53 bits per heavy atom. The predicted octanol–water partition coefficient (Wildman–Crippen LogP) is 2.44. The first-order valence-corrected chi connectivity index (χ1v) is 6.18. The zero-order valence-electron chi connectivity index (χ0n) is 9.90. The highest BCUT2D eigenvalue weighted by Crippen LogP contribution is 2.45. The summed E-state index contributed by atoms with van der Waals surface area (Å²) in [6.45, 7) is 0. The molecule has 2 rings (SSSR count). The van der Waals surface area contributed by atoms with Crippen LogP contribution in [0, 0.1) is 5.41 Å². The molecule has 3 nitrogen and oxygen atoms in total. The maximum Gasteiger partial charge on any atom is 0.312 e. The number of carbonyl (C=O) groups excluding carboxylic acids is 1. The normalized spacial score (nSPS) is 17.3. The second-order valence-corrected chi connectivity index (χ2v) is 5.18. The molecule has 0 spiro atoms. The van der Waals surface area contributed by atoms with Gasteiger partial charge in [-0.1, -0.05) is 12.5 Å². The Bertz CT molecular complexity index is 441. The minimum absolute atomic E-state index is 0.0960. The molecular formula is C13H17NO2S. The molecule has 4 heteroatoms. The van der Waals surface area contributed by atoms with Gasteiger partial charge < -0.3 is 10.5 Å². The van der Waals surface area contributed by atoms with Gasteiger partial charge in [0.15, 0.2) is 0 Å². The van der Waals surface area contributed by atoms with Gasteiger partial charge in [-0.2, -0.15) is 0 Å². The topological polar surface area (TPSA) is 52.3 Å². The molecule has 0 saturated heterocycles. The van der Waals surface area contributed by atoms with Crippen molar-refractivity contribution in [2.24, 2.45) is 5.41 Å². The van der Waals surface area contributed by atoms with Gasteiger partial charge >= 0.3 is 5.97 Å². The number of ether oxygens (including phenoxy) is 1. The lowest BCUT2D eigenvalue weighted by Gasteiger charge is -2.39. The lowest BCUT2D eigenvalue weighted by molar-refractivity contribution is -0.158. The molecular weight excluding hydrogens is 234 g/mol. The maximum atomic E-state index is 11.8. The molecule has 0 aliphatic heterocycles. The van der Waals surface area contributed by atoms with Crippen LogP contribution in [0.4, 0.5) is 5.69 Å². The van der Waals surface area contributed by atoms with Crippen LogP contribution in [0.2, 0.25) is 0 Å². The van der Waals surface area contributed by atoms with Crippen molar-refractivity contribution in [2.45, 2.75) is 30.6 Å². The average molecular weight is 251 g/mol. The van der Waals surface area contributed by atoms with Crippen LogP contribution in [0.15, 0.2) is 23.1 Å². The second-order valence-electron chi connectivity index (χ2n) is 4.70. The Labute approximate surface area is 107 Å². The van der Waals surface area contributed by atoms with Crippen molar-refractivity contribution in [2.75, 3.05) is 12.8 Å². The SMILES string of the molecule is COC(=O)C1(Cc2ccc(N)c(S)c2)CCC1. The van der Waals surface area contributed by atoms with E-state index in [0.29, 0.717) is 12.1 Å². The highest BCUT2D eigenvalue weighted by atomic mass is 32.1. The fourth-order valence-corrected chi connectivity index (χ4v) is 2.60. The van der Waals surface area contributed by atoms with Gasteiger partial charge in [-0.15, -0.1) is 12.6 Å². The quantitative estimate of drug-likeness (QED) is 0.493. The van der Waals surface area contributed by atoms with Crippen LogP contribution in [0.1, 0.15) is 24.8 Å². The fraction of sp³-hybridized carbons (Fsp3) is 0.462. The Morgan fingerprint density at radius 3 is 2.71 bits per heavy atom. The number of methoxy groups -OCH3 is 1. The number of rotatable bonds is 3. The van der Waals surface area contributed by atoms with E-state index in [-0.39, 0.29) is 11.4 Å². The smallest absolute Gasteiger partial charge is 0.312 e. The van der Waals surface area contributed by atoms with Gasteiger partial charge in [0.1, 0.15) is 0 Å². The van der Waals surface area contributed by atoms with Crippen molar-refractivity contribution in [1.82, 2.24) is 0 Å². The molecule has 1 fully saturated rings. The largest absolute Gasteiger partial charge is 0.469 e. The molecule has 92 valence electrons. The summed E-state index contributed by atoms with van der Waals surface area (Å²) in [5, 5.41) is 0. The highest BCUT2D eigenvalue weighted by molar-refractivity contribution is 7.80. The number of benzene rings is 1. The number of hydrogen-bond donors (Lipinski definition) is 2. The van der Waals surface area contributed by atoms with Crippen LogP contribution in [-0.2, 0) is 16.0 Å². The van der Waals surface area contributed by atoms with Gasteiger partial charge in [0, 0.05) is 10.6 Å². The third kappa shape index (κ3) is 2.27. The Morgan fingerprint density at radius 2 is 2.24 bits per heavy atom. The Hall–Kier alpha value is -1.16. The first kappa shape index (κ1) is 12.3. The molecule has 0 heterocycles. The molecule has 0 aromatic heterocycles. The van der Waals surface area contributed by atoms with E-state index in [1.807, 2.05) is 18.2 Å². The molecule has 1 aromatic rings. The van der Waals surface area contributed by atoms with Crippen molar-refractivity contribution in [3.8, 4) is 0 Å². The molecule has 1 aromatic carbocycles. The number of anilines is 1. The number of nitrogens with two attached hydrogens (primary N) is 1. The van der Waals surface area contributed by atoms with E-state index in [4.69, 9.17) is 10.5 Å². The van der Waals surface area contributed by atoms with Crippen molar-refractivity contribution >= 4 is 24.3 Å². The van der Waals surface area contributed by atoms with E-state index in [1.165, 1.54) is 7.11 Å². The molecule has 0 radical (unpaired) electrons. The summed E-state index contributed by atoms with van der Waals surface area (Å²) in [7, 11) is 1.45. The number of carbonyl (C=O) groups is 1. The van der Waals surface area contributed by atoms with Crippen molar-refractivity contribution in [3.05, 3.63) is 23.8 Å². The van der Waals surface area contributed by atoms with Crippen LogP contribution in [-0.4, -0.2) is 13.1 Å². The molecule has 2 N–H and O–H groups in total. The van der Waals surface area contributed by atoms with Crippen LogP contribution < -0.4 is 5.73 Å². The van der Waals surface area contributed by atoms with Gasteiger partial charge in [-0.3, -0.25) is 4.79 Å². The summed E-state index contributed by atoms with van der Waals surface area (Å²) in [6.07, 6.45) is 3.63. The summed E-state index contributed by atoms with van der Waals surface area (Å²) < 4.78 is 4.90. The molecule has 1 aliphatic carbocycles. The summed E-state index contributed by atoms with van der Waals surface area (Å²) in [6, 6.07) is 5.72. The molecule has 0 unspecified atom stereocenters. The third-order valence-electron chi connectivity index (χ3n) is 3.57. The van der Waals surface area contributed by atoms with E-state index < -0.39 is 0 Å². The first-order valence-electron chi connectivity index (χ1n) is 5.73. The summed E-state index contributed by atoms with van der Waals surface area (Å²) in [5.41, 5.74) is 7.16. The van der Waals surface area contributed by atoms with E-state index >= 15 is 0 Å². The fourth-order valence-electron chi connectivity index (χ4n) is 2.36. The van der Waals surface area contributed by atoms with Gasteiger partial charge in [-0.05, 0) is 37.0 Å². The summed E-state index contributed by atoms with van der Waals surface area (Å²) in [5.74, 6) is -0.0960. The summed E-state index contributed by atoms with van der Waals surface area (Å²) >= 11 is 4.30. The van der Waals surface area contributed by atoms with Gasteiger partial charge in [0.25, 0.3) is 0 Å². The van der Waals surface area contributed by atoms with E-state index in [2.05, 4.69) is 12.6 Å². The van der Waals surface area contributed by atoms with E-state index in [0.717, 1.165) is 29.7 Å². The lowest BCUT2D eigenvalue weighted by Crippen LogP contribution is -2.40. The Kier molecular flexibility index (Phi) is 3.33. The minimum atomic E-state index is -0.314. The summed E-state index contributed by atoms with van der Waals surface area (Å²) in [4.78, 5) is 12.6. The standard InChI is InChI=1S/C13H17NO2S/c1-16-12(15)13(5-2-6-13)8-9-3-4-10(14)11(17)7-9/h3-4,7,17H,2,5-6,8,14H2,1H3. The lowest BCUT2D eigenvalue weighted by atomic mass is 9.65. The first-order chi connectivity index (χ1) is 8.07. The number of hydrogen-bond acceptors (Lipinski definition) is 4. The van der Waals surface area contributed by atoms with Gasteiger partial charge in [0.2, 0.25) is 0 Å². The van der Waals surface area contributed by atoms with Crippen LogP contribution in [0.5, 0.6) is 0 Å². The van der Waals surface area contributed by atoms with Gasteiger partial charge in [0.05, 0.1) is 12.5 Å². The zero-order valence-corrected chi connectivity index (χ0v) is 10.8. The molecule has 17 heavy (non-hydrogen) atoms. The highest BCUT2D eigenvalue weighted by Gasteiger charge is 2.45. The van der Waals surface area contributed by atoms with Crippen LogP contribution in [0.3, 0.4) is 0 Å².